The highest BCUT2D eigenvalue weighted by atomic mass is 32.2. The van der Waals surface area contributed by atoms with Crippen LogP contribution in [-0.2, 0) is 7.05 Å². The van der Waals surface area contributed by atoms with E-state index in [4.69, 9.17) is 0 Å². The molecule has 1 aliphatic heterocycles. The predicted octanol–water partition coefficient (Wildman–Crippen LogP) is 2.82. The van der Waals surface area contributed by atoms with Crippen LogP contribution >= 0.6 is 11.8 Å². The Balaban J connectivity index is 1.89. The summed E-state index contributed by atoms with van der Waals surface area (Å²) in [4.78, 5) is 24.9. The summed E-state index contributed by atoms with van der Waals surface area (Å²) in [5.41, 5.74) is 1.35. The summed E-state index contributed by atoms with van der Waals surface area (Å²) in [5, 5.41) is 10.8. The van der Waals surface area contributed by atoms with Crippen LogP contribution in [0.1, 0.15) is 21.4 Å². The average molecular weight is 317 g/mol. The van der Waals surface area contributed by atoms with Crippen molar-refractivity contribution in [1.82, 2.24) is 9.47 Å². The summed E-state index contributed by atoms with van der Waals surface area (Å²) in [6.07, 6.45) is 1.95. The normalized spacial score (nSPS) is 17.7. The highest BCUT2D eigenvalue weighted by Gasteiger charge is 2.32. The number of aromatic nitrogens is 1. The second kappa shape index (κ2) is 5.84. The third-order valence-electron chi connectivity index (χ3n) is 3.69. The molecule has 0 radical (unpaired) electrons. The lowest BCUT2D eigenvalue weighted by Crippen LogP contribution is -2.31. The lowest BCUT2D eigenvalue weighted by atomic mass is 10.1. The molecule has 6 nitrogen and oxygen atoms in total. The molecule has 1 aromatic heterocycles. The van der Waals surface area contributed by atoms with E-state index in [-0.39, 0.29) is 17.0 Å². The van der Waals surface area contributed by atoms with Crippen LogP contribution in [0, 0.1) is 10.1 Å². The summed E-state index contributed by atoms with van der Waals surface area (Å²) in [7, 11) is 1.95. The van der Waals surface area contributed by atoms with Gasteiger partial charge in [0.25, 0.3) is 11.6 Å². The number of hydrogen-bond donors (Lipinski definition) is 0. The maximum Gasteiger partial charge on any atom is 0.270 e. The molecule has 0 saturated carbocycles. The zero-order valence-electron chi connectivity index (χ0n) is 12.0. The zero-order valence-corrected chi connectivity index (χ0v) is 12.8. The summed E-state index contributed by atoms with van der Waals surface area (Å²) in [6, 6.07) is 9.85. The SMILES string of the molecule is Cn1cccc1[C@H]1SCCN1C(=O)c1cccc([N+](=O)[O-])c1. The molecule has 1 fully saturated rings. The van der Waals surface area contributed by atoms with Gasteiger partial charge in [-0.3, -0.25) is 14.9 Å². The number of carbonyl (C=O) groups excluding carboxylic acids is 1. The van der Waals surface area contributed by atoms with Gasteiger partial charge in [-0.2, -0.15) is 0 Å². The van der Waals surface area contributed by atoms with Crippen LogP contribution in [0.25, 0.3) is 0 Å². The van der Waals surface area contributed by atoms with E-state index in [2.05, 4.69) is 0 Å². The van der Waals surface area contributed by atoms with Crippen molar-refractivity contribution >= 4 is 23.4 Å². The molecule has 0 N–H and O–H groups in total. The van der Waals surface area contributed by atoms with Gasteiger partial charge in [0.15, 0.2) is 0 Å². The molecule has 1 aromatic carbocycles. The highest BCUT2D eigenvalue weighted by molar-refractivity contribution is 7.99. The number of hydrogen-bond acceptors (Lipinski definition) is 4. The van der Waals surface area contributed by atoms with E-state index in [9.17, 15) is 14.9 Å². The molecule has 1 amide bonds. The van der Waals surface area contributed by atoms with Gasteiger partial charge in [-0.15, -0.1) is 11.8 Å². The topological polar surface area (TPSA) is 68.4 Å². The van der Waals surface area contributed by atoms with E-state index in [0.717, 1.165) is 11.4 Å². The van der Waals surface area contributed by atoms with E-state index in [1.54, 1.807) is 28.8 Å². The van der Waals surface area contributed by atoms with Gasteiger partial charge in [0.1, 0.15) is 5.37 Å². The van der Waals surface area contributed by atoms with Crippen molar-refractivity contribution in [2.24, 2.45) is 7.05 Å². The number of non-ortho nitro benzene ring substituents is 1. The number of amides is 1. The van der Waals surface area contributed by atoms with Gasteiger partial charge in [0.2, 0.25) is 0 Å². The average Bonchev–Trinajstić information content (AvgIpc) is 3.14. The van der Waals surface area contributed by atoms with Crippen molar-refractivity contribution in [3.05, 3.63) is 64.0 Å². The first-order chi connectivity index (χ1) is 10.6. The molecule has 0 unspecified atom stereocenters. The van der Waals surface area contributed by atoms with E-state index in [1.165, 1.54) is 12.1 Å². The molecule has 0 aliphatic carbocycles. The Morgan fingerprint density at radius 1 is 1.36 bits per heavy atom. The van der Waals surface area contributed by atoms with E-state index < -0.39 is 4.92 Å². The van der Waals surface area contributed by atoms with Crippen molar-refractivity contribution in [3.63, 3.8) is 0 Å². The summed E-state index contributed by atoms with van der Waals surface area (Å²) in [5.74, 6) is 0.691. The number of nitro benzene ring substituents is 1. The van der Waals surface area contributed by atoms with Gasteiger partial charge in [-0.05, 0) is 18.2 Å². The Morgan fingerprint density at radius 3 is 2.86 bits per heavy atom. The van der Waals surface area contributed by atoms with Crippen LogP contribution < -0.4 is 0 Å². The first-order valence-electron chi connectivity index (χ1n) is 6.86. The summed E-state index contributed by atoms with van der Waals surface area (Å²) < 4.78 is 2.00. The van der Waals surface area contributed by atoms with Crippen LogP contribution in [0.15, 0.2) is 42.6 Å². The standard InChI is InChI=1S/C15H15N3O3S/c1-16-7-3-6-13(16)15-17(8-9-22-15)14(19)11-4-2-5-12(10-11)18(20)21/h2-7,10,15H,8-9H2,1H3/t15-/m1/s1. The molecule has 22 heavy (non-hydrogen) atoms. The second-order valence-electron chi connectivity index (χ2n) is 5.07. The lowest BCUT2D eigenvalue weighted by Gasteiger charge is -2.24. The molecule has 0 spiro atoms. The molecule has 2 aromatic rings. The van der Waals surface area contributed by atoms with Gasteiger partial charge >= 0.3 is 0 Å². The van der Waals surface area contributed by atoms with Crippen LogP contribution in [0.3, 0.4) is 0 Å². The molecule has 1 aliphatic rings. The Labute approximate surface area is 131 Å². The lowest BCUT2D eigenvalue weighted by molar-refractivity contribution is -0.384. The fraction of sp³-hybridized carbons (Fsp3) is 0.267. The smallest absolute Gasteiger partial charge is 0.270 e. The second-order valence-corrected chi connectivity index (χ2v) is 6.26. The largest absolute Gasteiger partial charge is 0.352 e. The molecule has 0 bridgehead atoms. The quantitative estimate of drug-likeness (QED) is 0.645. The number of benzene rings is 1. The number of nitrogens with zero attached hydrogens (tertiary/aromatic N) is 3. The summed E-state index contributed by atoms with van der Waals surface area (Å²) in [6.45, 7) is 0.641. The van der Waals surface area contributed by atoms with E-state index >= 15 is 0 Å². The van der Waals surface area contributed by atoms with Crippen molar-refractivity contribution in [1.29, 1.82) is 0 Å². The molecule has 114 valence electrons. The van der Waals surface area contributed by atoms with Gasteiger partial charge in [0, 0.05) is 43.2 Å². The molecule has 2 heterocycles. The third-order valence-corrected chi connectivity index (χ3v) is 4.92. The molecule has 3 rings (SSSR count). The van der Waals surface area contributed by atoms with Crippen LogP contribution in [0.2, 0.25) is 0 Å². The van der Waals surface area contributed by atoms with Gasteiger partial charge in [-0.1, -0.05) is 6.07 Å². The molecule has 1 atom stereocenters. The first-order valence-corrected chi connectivity index (χ1v) is 7.91. The fourth-order valence-corrected chi connectivity index (χ4v) is 3.89. The minimum Gasteiger partial charge on any atom is -0.352 e. The van der Waals surface area contributed by atoms with Crippen LogP contribution in [-0.4, -0.2) is 32.6 Å². The fourth-order valence-electron chi connectivity index (χ4n) is 2.57. The Kier molecular flexibility index (Phi) is 3.89. The minimum atomic E-state index is -0.482. The number of rotatable bonds is 3. The molecule has 7 heteroatoms. The Hall–Kier alpha value is -2.28. The minimum absolute atomic E-state index is 0.0493. The summed E-state index contributed by atoms with van der Waals surface area (Å²) >= 11 is 1.71. The predicted molar refractivity (Wildman–Crippen MR) is 84.7 cm³/mol. The van der Waals surface area contributed by atoms with E-state index in [0.29, 0.717) is 12.1 Å². The van der Waals surface area contributed by atoms with Crippen molar-refractivity contribution in [2.45, 2.75) is 5.37 Å². The van der Waals surface area contributed by atoms with Crippen LogP contribution in [0.5, 0.6) is 0 Å². The number of thioether (sulfide) groups is 1. The van der Waals surface area contributed by atoms with E-state index in [1.807, 2.05) is 29.9 Å². The van der Waals surface area contributed by atoms with Gasteiger partial charge in [0.05, 0.1) is 10.6 Å². The van der Waals surface area contributed by atoms with Crippen molar-refractivity contribution in [2.75, 3.05) is 12.3 Å². The number of carbonyl (C=O) groups is 1. The van der Waals surface area contributed by atoms with Gasteiger partial charge < -0.3 is 9.47 Å². The maximum atomic E-state index is 12.7. The molecular weight excluding hydrogens is 302 g/mol. The Bertz CT molecular complexity index is 728. The van der Waals surface area contributed by atoms with Crippen molar-refractivity contribution in [3.8, 4) is 0 Å². The maximum absolute atomic E-state index is 12.7. The number of nitro groups is 1. The van der Waals surface area contributed by atoms with Gasteiger partial charge in [-0.25, -0.2) is 0 Å². The van der Waals surface area contributed by atoms with Crippen LogP contribution in [0.4, 0.5) is 5.69 Å². The molecule has 1 saturated heterocycles. The first kappa shape index (κ1) is 14.6. The number of aryl methyl sites for hydroxylation is 1. The highest BCUT2D eigenvalue weighted by Crippen LogP contribution is 2.38. The third kappa shape index (κ3) is 2.59. The van der Waals surface area contributed by atoms with Crippen molar-refractivity contribution < 1.29 is 9.72 Å². The molecular formula is C15H15N3O3S. The monoisotopic (exact) mass is 317 g/mol. The zero-order chi connectivity index (χ0) is 15.7. The Morgan fingerprint density at radius 2 is 2.18 bits per heavy atom.